The zero-order valence-electron chi connectivity index (χ0n) is 18.9. The third-order valence-corrected chi connectivity index (χ3v) is 6.15. The molecular formula is C27H26FN3O3. The number of aryl methyl sites for hydroxylation is 1. The van der Waals surface area contributed by atoms with Crippen LogP contribution in [0.25, 0.3) is 11.0 Å². The second kappa shape index (κ2) is 9.27. The van der Waals surface area contributed by atoms with Crippen LogP contribution in [0, 0.1) is 12.7 Å². The summed E-state index contributed by atoms with van der Waals surface area (Å²) in [6.45, 7) is 2.83. The zero-order chi connectivity index (χ0) is 23.7. The smallest absolute Gasteiger partial charge is 0.227 e. The molecule has 0 saturated carbocycles. The van der Waals surface area contributed by atoms with Gasteiger partial charge in [0.2, 0.25) is 5.91 Å². The summed E-state index contributed by atoms with van der Waals surface area (Å²) < 4.78 is 21.5. The molecule has 1 amide bonds. The topological polar surface area (TPSA) is 67.6 Å². The van der Waals surface area contributed by atoms with Crippen molar-refractivity contribution in [3.8, 4) is 5.75 Å². The average molecular weight is 460 g/mol. The SMILES string of the molecule is Cc1ccc(OC[C@@H](O)Cn2c([C@@H]3CC(=O)N(c4cccc(F)c4)C3)nc3ccccc32)cc1. The molecule has 0 spiro atoms. The van der Waals surface area contributed by atoms with Crippen LogP contribution in [0.1, 0.15) is 23.7 Å². The Morgan fingerprint density at radius 3 is 2.71 bits per heavy atom. The summed E-state index contributed by atoms with van der Waals surface area (Å²) in [6, 6.07) is 21.5. The minimum absolute atomic E-state index is 0.0718. The molecule has 1 saturated heterocycles. The standard InChI is InChI=1S/C27H26FN3O3/c1-18-9-11-23(12-10-18)34-17-22(32)16-31-25-8-3-2-7-24(25)29-27(31)19-13-26(33)30(15-19)21-6-4-5-20(28)14-21/h2-12,14,19,22,32H,13,15-17H2,1H3/t19-,22+/m1/s1. The predicted molar refractivity (Wildman–Crippen MR) is 129 cm³/mol. The second-order valence-corrected chi connectivity index (χ2v) is 8.73. The van der Waals surface area contributed by atoms with E-state index >= 15 is 0 Å². The van der Waals surface area contributed by atoms with Crippen LogP contribution in [0.5, 0.6) is 5.75 Å². The number of benzene rings is 3. The highest BCUT2D eigenvalue weighted by molar-refractivity contribution is 5.96. The van der Waals surface area contributed by atoms with Gasteiger partial charge in [-0.05, 0) is 49.4 Å². The number of aliphatic hydroxyl groups is 1. The summed E-state index contributed by atoms with van der Waals surface area (Å²) in [5, 5.41) is 10.8. The van der Waals surface area contributed by atoms with E-state index in [0.29, 0.717) is 18.0 Å². The highest BCUT2D eigenvalue weighted by atomic mass is 19.1. The van der Waals surface area contributed by atoms with Crippen molar-refractivity contribution in [2.75, 3.05) is 18.1 Å². The fourth-order valence-electron chi connectivity index (χ4n) is 4.46. The maximum absolute atomic E-state index is 13.7. The van der Waals surface area contributed by atoms with Gasteiger partial charge in [-0.3, -0.25) is 4.79 Å². The highest BCUT2D eigenvalue weighted by Crippen LogP contribution is 2.33. The molecule has 1 aromatic heterocycles. The fourth-order valence-corrected chi connectivity index (χ4v) is 4.46. The first-order chi connectivity index (χ1) is 16.5. The average Bonchev–Trinajstić information content (AvgIpc) is 3.39. The van der Waals surface area contributed by atoms with E-state index in [1.54, 1.807) is 17.0 Å². The molecule has 0 aliphatic carbocycles. The Bertz CT molecular complexity index is 1320. The third kappa shape index (κ3) is 4.52. The van der Waals surface area contributed by atoms with E-state index in [0.717, 1.165) is 22.4 Å². The minimum atomic E-state index is -0.769. The molecule has 34 heavy (non-hydrogen) atoms. The lowest BCUT2D eigenvalue weighted by molar-refractivity contribution is -0.117. The van der Waals surface area contributed by atoms with Gasteiger partial charge in [0.25, 0.3) is 0 Å². The number of aliphatic hydroxyl groups excluding tert-OH is 1. The van der Waals surface area contributed by atoms with E-state index in [9.17, 15) is 14.3 Å². The Morgan fingerprint density at radius 1 is 1.12 bits per heavy atom. The molecule has 2 heterocycles. The van der Waals surface area contributed by atoms with E-state index in [-0.39, 0.29) is 37.2 Å². The Hall–Kier alpha value is -3.71. The number of halogens is 1. The molecule has 1 aliphatic rings. The van der Waals surface area contributed by atoms with Crippen molar-refractivity contribution in [2.24, 2.45) is 0 Å². The van der Waals surface area contributed by atoms with Crippen LogP contribution in [0.3, 0.4) is 0 Å². The highest BCUT2D eigenvalue weighted by Gasteiger charge is 2.35. The number of rotatable bonds is 7. The van der Waals surface area contributed by atoms with Crippen LogP contribution in [0.2, 0.25) is 0 Å². The van der Waals surface area contributed by atoms with Gasteiger partial charge in [-0.2, -0.15) is 0 Å². The Kier molecular flexibility index (Phi) is 6.02. The number of fused-ring (bicyclic) bond motifs is 1. The molecule has 6 nitrogen and oxygen atoms in total. The van der Waals surface area contributed by atoms with Gasteiger partial charge in [-0.15, -0.1) is 0 Å². The first kappa shape index (κ1) is 22.1. The van der Waals surface area contributed by atoms with E-state index in [1.807, 2.05) is 60.0 Å². The number of anilines is 1. The van der Waals surface area contributed by atoms with Crippen LogP contribution >= 0.6 is 0 Å². The lowest BCUT2D eigenvalue weighted by Crippen LogP contribution is -2.26. The first-order valence-electron chi connectivity index (χ1n) is 11.4. The summed E-state index contributed by atoms with van der Waals surface area (Å²) >= 11 is 0. The van der Waals surface area contributed by atoms with Crippen molar-refractivity contribution < 1.29 is 19.0 Å². The van der Waals surface area contributed by atoms with Crippen molar-refractivity contribution in [3.05, 3.63) is 90.0 Å². The zero-order valence-corrected chi connectivity index (χ0v) is 18.9. The van der Waals surface area contributed by atoms with Gasteiger partial charge in [0.05, 0.1) is 17.6 Å². The van der Waals surface area contributed by atoms with Crippen LogP contribution in [-0.4, -0.2) is 39.8 Å². The number of ether oxygens (including phenoxy) is 1. The summed E-state index contributed by atoms with van der Waals surface area (Å²) in [5.41, 5.74) is 3.38. The van der Waals surface area contributed by atoms with Gasteiger partial charge in [0.1, 0.15) is 30.1 Å². The van der Waals surface area contributed by atoms with Gasteiger partial charge in [-0.25, -0.2) is 9.37 Å². The molecule has 5 rings (SSSR count). The Labute approximate surface area is 197 Å². The molecular weight excluding hydrogens is 433 g/mol. The monoisotopic (exact) mass is 459 g/mol. The number of para-hydroxylation sites is 2. The molecule has 0 radical (unpaired) electrons. The molecule has 174 valence electrons. The van der Waals surface area contributed by atoms with Crippen molar-refractivity contribution in [2.45, 2.75) is 31.9 Å². The van der Waals surface area contributed by atoms with Gasteiger partial charge >= 0.3 is 0 Å². The minimum Gasteiger partial charge on any atom is -0.491 e. The van der Waals surface area contributed by atoms with Crippen molar-refractivity contribution in [1.82, 2.24) is 9.55 Å². The lowest BCUT2D eigenvalue weighted by atomic mass is 10.1. The number of nitrogens with zero attached hydrogens (tertiary/aromatic N) is 3. The molecule has 7 heteroatoms. The fraction of sp³-hybridized carbons (Fsp3) is 0.259. The summed E-state index contributed by atoms with van der Waals surface area (Å²) in [5.74, 6) is 0.818. The normalized spacial score (nSPS) is 16.9. The first-order valence-corrected chi connectivity index (χ1v) is 11.4. The quantitative estimate of drug-likeness (QED) is 0.444. The van der Waals surface area contributed by atoms with Crippen LogP contribution in [-0.2, 0) is 11.3 Å². The van der Waals surface area contributed by atoms with Crippen molar-refractivity contribution in [3.63, 3.8) is 0 Å². The number of carbonyl (C=O) groups is 1. The third-order valence-electron chi connectivity index (χ3n) is 6.15. The molecule has 0 bridgehead atoms. The van der Waals surface area contributed by atoms with Gasteiger partial charge in [0, 0.05) is 24.6 Å². The van der Waals surface area contributed by atoms with E-state index in [2.05, 4.69) is 0 Å². The molecule has 1 fully saturated rings. The largest absolute Gasteiger partial charge is 0.491 e. The van der Waals surface area contributed by atoms with E-state index in [1.165, 1.54) is 12.1 Å². The lowest BCUT2D eigenvalue weighted by Gasteiger charge is -2.19. The summed E-state index contributed by atoms with van der Waals surface area (Å²) in [4.78, 5) is 19.2. The van der Waals surface area contributed by atoms with Crippen LogP contribution in [0.15, 0.2) is 72.8 Å². The Morgan fingerprint density at radius 2 is 1.91 bits per heavy atom. The maximum Gasteiger partial charge on any atom is 0.227 e. The van der Waals surface area contributed by atoms with Crippen molar-refractivity contribution >= 4 is 22.6 Å². The van der Waals surface area contributed by atoms with Gasteiger partial charge in [0.15, 0.2) is 0 Å². The molecule has 2 atom stereocenters. The number of amides is 1. The molecule has 3 aromatic carbocycles. The van der Waals surface area contributed by atoms with Gasteiger partial charge < -0.3 is 19.3 Å². The molecule has 4 aromatic rings. The number of imidazole rings is 1. The van der Waals surface area contributed by atoms with Crippen LogP contribution in [0.4, 0.5) is 10.1 Å². The summed E-state index contributed by atoms with van der Waals surface area (Å²) in [7, 11) is 0. The number of carbonyl (C=O) groups excluding carboxylic acids is 1. The van der Waals surface area contributed by atoms with Crippen molar-refractivity contribution in [1.29, 1.82) is 0 Å². The van der Waals surface area contributed by atoms with Gasteiger partial charge in [-0.1, -0.05) is 35.9 Å². The van der Waals surface area contributed by atoms with E-state index < -0.39 is 6.10 Å². The number of hydrogen-bond acceptors (Lipinski definition) is 4. The molecule has 1 aliphatic heterocycles. The molecule has 0 unspecified atom stereocenters. The Balaban J connectivity index is 1.38. The number of aromatic nitrogens is 2. The number of hydrogen-bond donors (Lipinski definition) is 1. The maximum atomic E-state index is 13.7. The van der Waals surface area contributed by atoms with E-state index in [4.69, 9.17) is 9.72 Å². The second-order valence-electron chi connectivity index (χ2n) is 8.73. The molecule has 1 N–H and O–H groups in total. The van der Waals surface area contributed by atoms with Crippen LogP contribution < -0.4 is 9.64 Å². The predicted octanol–water partition coefficient (Wildman–Crippen LogP) is 4.44. The summed E-state index contributed by atoms with van der Waals surface area (Å²) in [6.07, 6.45) is -0.496.